The number of hydrogen-bond acceptors (Lipinski definition) is 4. The van der Waals surface area contributed by atoms with Gasteiger partial charge >= 0.3 is 0 Å². The summed E-state index contributed by atoms with van der Waals surface area (Å²) in [6.07, 6.45) is 0. The molecule has 0 aliphatic carbocycles. The van der Waals surface area contributed by atoms with Crippen LogP contribution in [0.3, 0.4) is 0 Å². The first-order valence-corrected chi connectivity index (χ1v) is 9.03. The van der Waals surface area contributed by atoms with Gasteiger partial charge in [-0.2, -0.15) is 0 Å². The van der Waals surface area contributed by atoms with Crippen molar-refractivity contribution in [2.75, 3.05) is 25.0 Å². The van der Waals surface area contributed by atoms with Crippen LogP contribution in [0.15, 0.2) is 48.5 Å². The number of carbonyl (C=O) groups is 2. The Bertz CT molecular complexity index is 831. The Morgan fingerprint density at radius 3 is 2.63 bits per heavy atom. The minimum atomic E-state index is -0.715. The number of benzene rings is 2. The summed E-state index contributed by atoms with van der Waals surface area (Å²) in [7, 11) is 0. The second kappa shape index (κ2) is 7.80. The summed E-state index contributed by atoms with van der Waals surface area (Å²) in [4.78, 5) is 26.5. The van der Waals surface area contributed by atoms with Crippen molar-refractivity contribution in [2.24, 2.45) is 0 Å². The van der Waals surface area contributed by atoms with Gasteiger partial charge in [-0.15, -0.1) is 0 Å². The van der Waals surface area contributed by atoms with Gasteiger partial charge in [-0.3, -0.25) is 14.5 Å². The van der Waals surface area contributed by atoms with Crippen LogP contribution in [0.5, 0.6) is 11.5 Å². The topological polar surface area (TPSA) is 70.7 Å². The molecule has 2 aromatic rings. The molecule has 0 radical (unpaired) electrons. The van der Waals surface area contributed by atoms with Gasteiger partial charge < -0.3 is 15.4 Å². The summed E-state index contributed by atoms with van der Waals surface area (Å²) >= 11 is 0. The van der Waals surface area contributed by atoms with E-state index in [1.807, 2.05) is 68.1 Å². The highest BCUT2D eigenvalue weighted by atomic mass is 16.5. The molecule has 3 rings (SSSR count). The number of nitrogens with one attached hydrogen (secondary N) is 2. The molecule has 1 heterocycles. The standard InChI is InChI=1S/C21H25N3O3/c1-15-8-10-16(11-9-15)27-18-7-5-4-6-17(18)23-19(25)14-24-13-12-22-20(26)21(24,2)3/h4-11H,12-14H2,1-3H3,(H,22,26)(H,23,25). The van der Waals surface area contributed by atoms with E-state index in [4.69, 9.17) is 4.74 Å². The van der Waals surface area contributed by atoms with Gasteiger partial charge in [0.2, 0.25) is 11.8 Å². The SMILES string of the molecule is Cc1ccc(Oc2ccccc2NC(=O)CN2CCNC(=O)C2(C)C)cc1. The third kappa shape index (κ3) is 4.46. The van der Waals surface area contributed by atoms with Gasteiger partial charge in [0.05, 0.1) is 17.8 Å². The van der Waals surface area contributed by atoms with Crippen molar-refractivity contribution >= 4 is 17.5 Å². The molecular weight excluding hydrogens is 342 g/mol. The van der Waals surface area contributed by atoms with Crippen LogP contribution in [-0.2, 0) is 9.59 Å². The van der Waals surface area contributed by atoms with Crippen molar-refractivity contribution < 1.29 is 14.3 Å². The monoisotopic (exact) mass is 367 g/mol. The van der Waals surface area contributed by atoms with E-state index in [9.17, 15) is 9.59 Å². The Hall–Kier alpha value is -2.86. The maximum Gasteiger partial charge on any atom is 0.240 e. The quantitative estimate of drug-likeness (QED) is 0.852. The van der Waals surface area contributed by atoms with Gasteiger partial charge in [0.25, 0.3) is 0 Å². The number of para-hydroxylation sites is 2. The Balaban J connectivity index is 1.69. The predicted molar refractivity (Wildman–Crippen MR) is 105 cm³/mol. The summed E-state index contributed by atoms with van der Waals surface area (Å²) in [5, 5.41) is 5.74. The van der Waals surface area contributed by atoms with Crippen LogP contribution in [0, 0.1) is 6.92 Å². The zero-order chi connectivity index (χ0) is 19.4. The highest BCUT2D eigenvalue weighted by Crippen LogP contribution is 2.29. The molecule has 1 saturated heterocycles. The van der Waals surface area contributed by atoms with Crippen LogP contribution >= 0.6 is 0 Å². The average molecular weight is 367 g/mol. The number of rotatable bonds is 5. The second-order valence-corrected chi connectivity index (χ2v) is 7.20. The number of nitrogens with zero attached hydrogens (tertiary/aromatic N) is 1. The lowest BCUT2D eigenvalue weighted by Crippen LogP contribution is -2.62. The van der Waals surface area contributed by atoms with Crippen molar-refractivity contribution in [3.63, 3.8) is 0 Å². The van der Waals surface area contributed by atoms with Gasteiger partial charge in [-0.25, -0.2) is 0 Å². The van der Waals surface area contributed by atoms with Crippen LogP contribution in [0.25, 0.3) is 0 Å². The van der Waals surface area contributed by atoms with Gasteiger partial charge in [-0.1, -0.05) is 29.8 Å². The van der Waals surface area contributed by atoms with Crippen LogP contribution in [-0.4, -0.2) is 41.9 Å². The molecule has 1 aliphatic rings. The number of amides is 2. The zero-order valence-electron chi connectivity index (χ0n) is 15.9. The van der Waals surface area contributed by atoms with Gasteiger partial charge in [0.1, 0.15) is 5.75 Å². The molecule has 0 unspecified atom stereocenters. The van der Waals surface area contributed by atoms with E-state index in [-0.39, 0.29) is 18.4 Å². The number of hydrogen-bond donors (Lipinski definition) is 2. The van der Waals surface area contributed by atoms with E-state index in [1.165, 1.54) is 0 Å². The molecule has 0 bridgehead atoms. The van der Waals surface area contributed by atoms with E-state index in [0.29, 0.717) is 30.3 Å². The normalized spacial score (nSPS) is 16.5. The van der Waals surface area contributed by atoms with Crippen LogP contribution in [0.2, 0.25) is 0 Å². The summed E-state index contributed by atoms with van der Waals surface area (Å²) in [5.74, 6) is 1.03. The van der Waals surface area contributed by atoms with E-state index in [1.54, 1.807) is 6.07 Å². The molecule has 2 aromatic carbocycles. The summed E-state index contributed by atoms with van der Waals surface area (Å²) < 4.78 is 5.92. The van der Waals surface area contributed by atoms with Crippen LogP contribution < -0.4 is 15.4 Å². The average Bonchev–Trinajstić information content (AvgIpc) is 2.63. The maximum absolute atomic E-state index is 12.6. The van der Waals surface area contributed by atoms with Crippen molar-refractivity contribution in [2.45, 2.75) is 26.3 Å². The molecule has 1 aliphatic heterocycles. The molecule has 6 nitrogen and oxygen atoms in total. The Labute approximate surface area is 159 Å². The number of aryl methyl sites for hydroxylation is 1. The molecule has 0 aromatic heterocycles. The minimum absolute atomic E-state index is 0.0651. The molecule has 142 valence electrons. The van der Waals surface area contributed by atoms with Crippen molar-refractivity contribution in [3.8, 4) is 11.5 Å². The fourth-order valence-corrected chi connectivity index (χ4v) is 2.98. The van der Waals surface area contributed by atoms with Crippen LogP contribution in [0.1, 0.15) is 19.4 Å². The lowest BCUT2D eigenvalue weighted by atomic mass is 9.99. The molecule has 1 fully saturated rings. The zero-order valence-corrected chi connectivity index (χ0v) is 15.9. The van der Waals surface area contributed by atoms with E-state index >= 15 is 0 Å². The largest absolute Gasteiger partial charge is 0.455 e. The van der Waals surface area contributed by atoms with E-state index in [2.05, 4.69) is 10.6 Å². The smallest absolute Gasteiger partial charge is 0.240 e. The molecule has 6 heteroatoms. The lowest BCUT2D eigenvalue weighted by Gasteiger charge is -2.40. The number of carbonyl (C=O) groups excluding carboxylic acids is 2. The first-order valence-electron chi connectivity index (χ1n) is 9.03. The van der Waals surface area contributed by atoms with Crippen molar-refractivity contribution in [1.82, 2.24) is 10.2 Å². The fraction of sp³-hybridized carbons (Fsp3) is 0.333. The molecule has 2 amide bonds. The highest BCUT2D eigenvalue weighted by molar-refractivity contribution is 5.95. The lowest BCUT2D eigenvalue weighted by molar-refractivity contribution is -0.136. The maximum atomic E-state index is 12.6. The molecule has 0 spiro atoms. The molecule has 2 N–H and O–H groups in total. The first-order chi connectivity index (χ1) is 12.9. The predicted octanol–water partition coefficient (Wildman–Crippen LogP) is 2.94. The van der Waals surface area contributed by atoms with Gasteiger partial charge in [-0.05, 0) is 45.0 Å². The highest BCUT2D eigenvalue weighted by Gasteiger charge is 2.38. The van der Waals surface area contributed by atoms with Gasteiger partial charge in [0.15, 0.2) is 5.75 Å². The van der Waals surface area contributed by atoms with Crippen molar-refractivity contribution in [3.05, 3.63) is 54.1 Å². The number of piperazine rings is 1. The second-order valence-electron chi connectivity index (χ2n) is 7.20. The molecule has 0 saturated carbocycles. The Kier molecular flexibility index (Phi) is 5.46. The minimum Gasteiger partial charge on any atom is -0.455 e. The Morgan fingerprint density at radius 1 is 1.19 bits per heavy atom. The molecule has 27 heavy (non-hydrogen) atoms. The molecule has 0 atom stereocenters. The third-order valence-electron chi connectivity index (χ3n) is 4.76. The van der Waals surface area contributed by atoms with Crippen molar-refractivity contribution in [1.29, 1.82) is 0 Å². The first kappa shape index (κ1) is 18.9. The fourth-order valence-electron chi connectivity index (χ4n) is 2.98. The third-order valence-corrected chi connectivity index (χ3v) is 4.76. The number of ether oxygens (including phenoxy) is 1. The van der Waals surface area contributed by atoms with Crippen LogP contribution in [0.4, 0.5) is 5.69 Å². The Morgan fingerprint density at radius 2 is 1.89 bits per heavy atom. The van der Waals surface area contributed by atoms with Gasteiger partial charge in [0, 0.05) is 13.1 Å². The summed E-state index contributed by atoms with van der Waals surface area (Å²) in [6, 6.07) is 15.0. The number of anilines is 1. The van der Waals surface area contributed by atoms with E-state index in [0.717, 1.165) is 5.56 Å². The van der Waals surface area contributed by atoms with E-state index < -0.39 is 5.54 Å². The molecular formula is C21H25N3O3. The summed E-state index contributed by atoms with van der Waals surface area (Å²) in [6.45, 7) is 6.97. The summed E-state index contributed by atoms with van der Waals surface area (Å²) in [5.41, 5.74) is 1.03.